The maximum absolute atomic E-state index is 12.5. The van der Waals surface area contributed by atoms with E-state index in [0.29, 0.717) is 38.0 Å². The number of hydrogen-bond donors (Lipinski definition) is 1. The minimum absolute atomic E-state index is 0.301. The van der Waals surface area contributed by atoms with Gasteiger partial charge in [0.05, 0.1) is 0 Å². The van der Waals surface area contributed by atoms with E-state index in [4.69, 9.17) is 36.4 Å². The van der Waals surface area contributed by atoms with Gasteiger partial charge in [-0.15, -0.1) is 0 Å². The molecule has 29 heavy (non-hydrogen) atoms. The zero-order chi connectivity index (χ0) is 22.3. The second kappa shape index (κ2) is 15.0. The first-order chi connectivity index (χ1) is 13.8. The predicted octanol–water partition coefficient (Wildman–Crippen LogP) is 0.453. The van der Waals surface area contributed by atoms with Crippen LogP contribution in [0.3, 0.4) is 0 Å². The van der Waals surface area contributed by atoms with E-state index in [1.807, 2.05) is 0 Å². The molecule has 0 radical (unpaired) electrons. The number of nitrogens with zero attached hydrogens (tertiary/aromatic N) is 1. The molecule has 172 valence electrons. The number of rotatable bonds is 18. The Hall–Kier alpha value is -0.906. The van der Waals surface area contributed by atoms with Crippen molar-refractivity contribution >= 4 is 29.5 Å². The van der Waals surface area contributed by atoms with Crippen LogP contribution in [0.1, 0.15) is 12.8 Å². The summed E-state index contributed by atoms with van der Waals surface area (Å²) in [4.78, 5) is 24.7. The highest BCUT2D eigenvalue weighted by molar-refractivity contribution is 6.60. The number of carbonyl (C=O) groups excluding carboxylic acids is 1. The monoisotopic (exact) mass is 457 g/mol. The summed E-state index contributed by atoms with van der Waals surface area (Å²) in [5.41, 5.74) is 0. The number of hydrogen-bond acceptors (Lipinski definition) is 9. The second-order valence-electron chi connectivity index (χ2n) is 6.07. The van der Waals surface area contributed by atoms with E-state index in [-0.39, 0.29) is 12.5 Å². The summed E-state index contributed by atoms with van der Waals surface area (Å²) in [6.07, 6.45) is 1.18. The van der Waals surface area contributed by atoms with Crippen molar-refractivity contribution in [3.05, 3.63) is 0 Å². The molecule has 0 heterocycles. The Morgan fingerprint density at radius 2 is 1.10 bits per heavy atom. The molecular weight excluding hydrogens is 422 g/mol. The first-order valence-electron chi connectivity index (χ1n) is 9.15. The molecule has 0 unspecified atom stereocenters. The van der Waals surface area contributed by atoms with Crippen molar-refractivity contribution < 1.29 is 46.0 Å². The van der Waals surface area contributed by atoms with Gasteiger partial charge in [-0.3, -0.25) is 4.79 Å². The molecule has 0 spiro atoms. The maximum atomic E-state index is 12.5. The topological polar surface area (TPSA) is 122 Å². The molecule has 0 aliphatic rings. The molecule has 0 aromatic carbocycles. The number of ether oxygens (including phenoxy) is 1. The summed E-state index contributed by atoms with van der Waals surface area (Å²) in [7, 11) is 3.73. The summed E-state index contributed by atoms with van der Waals surface area (Å²) >= 11 is 0. The Labute approximate surface area is 174 Å². The highest BCUT2D eigenvalue weighted by Crippen LogP contribution is 2.18. The number of carbonyl (C=O) groups is 2. The molecule has 0 aliphatic heterocycles. The van der Waals surface area contributed by atoms with Gasteiger partial charge in [-0.05, 0) is 12.8 Å². The first kappa shape index (κ1) is 28.1. The number of aliphatic carboxylic acids is 1. The van der Waals surface area contributed by atoms with Crippen LogP contribution < -0.4 is 0 Å². The molecule has 0 saturated carbocycles. The molecule has 0 fully saturated rings. The van der Waals surface area contributed by atoms with E-state index in [1.165, 1.54) is 42.7 Å². The van der Waals surface area contributed by atoms with Crippen molar-refractivity contribution in [2.45, 2.75) is 24.9 Å². The smallest absolute Gasteiger partial charge is 0.480 e. The lowest BCUT2D eigenvalue weighted by molar-refractivity contribution is -0.145. The van der Waals surface area contributed by atoms with E-state index >= 15 is 0 Å². The SMILES string of the molecule is CO[Si](CCCN(CCC[Si](OC)(OC)OC)C(=O)COCC(=O)O)(OC)OC. The fourth-order valence-electron chi connectivity index (χ4n) is 2.76. The van der Waals surface area contributed by atoms with Crippen molar-refractivity contribution in [2.24, 2.45) is 0 Å². The molecule has 0 aromatic rings. The maximum Gasteiger partial charge on any atom is 0.500 e. The average molecular weight is 458 g/mol. The van der Waals surface area contributed by atoms with E-state index in [2.05, 4.69) is 0 Å². The van der Waals surface area contributed by atoms with Crippen molar-refractivity contribution in [2.75, 3.05) is 69.0 Å². The van der Waals surface area contributed by atoms with Gasteiger partial charge in [0.2, 0.25) is 5.91 Å². The third kappa shape index (κ3) is 10.1. The Morgan fingerprint density at radius 1 is 0.724 bits per heavy atom. The highest BCUT2D eigenvalue weighted by Gasteiger charge is 2.38. The molecule has 0 saturated heterocycles. The summed E-state index contributed by atoms with van der Waals surface area (Å²) in [6, 6.07) is 1.06. The lowest BCUT2D eigenvalue weighted by Crippen LogP contribution is -2.45. The standard InChI is InChI=1S/C16H35NO10Si2/c1-21-28(22-2,23-3)11-7-9-17(15(18)13-27-14-16(19)20)10-8-12-29(24-4,25-5)26-6/h7-14H2,1-6H3,(H,19,20). The Balaban J connectivity index is 4.87. The summed E-state index contributed by atoms with van der Waals surface area (Å²) in [6.45, 7) is -0.00200. The van der Waals surface area contributed by atoms with Crippen molar-refractivity contribution in [3.63, 3.8) is 0 Å². The van der Waals surface area contributed by atoms with Gasteiger partial charge in [0.25, 0.3) is 0 Å². The predicted molar refractivity (Wildman–Crippen MR) is 107 cm³/mol. The molecule has 1 amide bonds. The zero-order valence-corrected chi connectivity index (χ0v) is 20.2. The lowest BCUT2D eigenvalue weighted by atomic mass is 10.3. The van der Waals surface area contributed by atoms with Crippen LogP contribution in [0, 0.1) is 0 Å². The van der Waals surface area contributed by atoms with E-state index < -0.39 is 30.2 Å². The Morgan fingerprint density at radius 3 is 1.41 bits per heavy atom. The van der Waals surface area contributed by atoms with Gasteiger partial charge in [-0.1, -0.05) is 0 Å². The normalized spacial score (nSPS) is 12.2. The van der Waals surface area contributed by atoms with E-state index in [1.54, 1.807) is 4.90 Å². The molecule has 0 aliphatic carbocycles. The van der Waals surface area contributed by atoms with Crippen LogP contribution in [0.2, 0.25) is 12.1 Å². The number of carboxylic acids is 1. The molecule has 0 aromatic heterocycles. The van der Waals surface area contributed by atoms with Crippen molar-refractivity contribution in [1.82, 2.24) is 4.90 Å². The summed E-state index contributed by atoms with van der Waals surface area (Å²) < 4.78 is 37.3. The first-order valence-corrected chi connectivity index (χ1v) is 13.0. The van der Waals surface area contributed by atoms with Crippen molar-refractivity contribution in [1.29, 1.82) is 0 Å². The minimum Gasteiger partial charge on any atom is -0.480 e. The second-order valence-corrected chi connectivity index (χ2v) is 12.2. The fourth-order valence-corrected chi connectivity index (χ4v) is 6.17. The third-order valence-corrected chi connectivity index (χ3v) is 10.2. The van der Waals surface area contributed by atoms with Gasteiger partial charge >= 0.3 is 23.6 Å². The van der Waals surface area contributed by atoms with Gasteiger partial charge in [0, 0.05) is 67.8 Å². The van der Waals surface area contributed by atoms with Gasteiger partial charge in [-0.25, -0.2) is 4.79 Å². The zero-order valence-electron chi connectivity index (χ0n) is 18.2. The van der Waals surface area contributed by atoms with Gasteiger partial charge in [-0.2, -0.15) is 0 Å². The minimum atomic E-state index is -2.74. The van der Waals surface area contributed by atoms with E-state index in [9.17, 15) is 9.59 Å². The molecule has 13 heteroatoms. The van der Waals surface area contributed by atoms with Crippen molar-refractivity contribution in [3.8, 4) is 0 Å². The third-order valence-electron chi connectivity index (χ3n) is 4.49. The van der Waals surface area contributed by atoms with Crippen LogP contribution in [0.25, 0.3) is 0 Å². The Bertz CT molecular complexity index is 432. The molecule has 0 bridgehead atoms. The van der Waals surface area contributed by atoms with Gasteiger partial charge in [0.15, 0.2) is 0 Å². The van der Waals surface area contributed by atoms with Crippen LogP contribution >= 0.6 is 0 Å². The summed E-state index contributed by atoms with van der Waals surface area (Å²) in [5, 5.41) is 8.67. The molecular formula is C16H35NO10Si2. The van der Waals surface area contributed by atoms with Gasteiger partial charge < -0.3 is 41.3 Å². The average Bonchev–Trinajstić information content (AvgIpc) is 2.73. The molecule has 0 atom stereocenters. The fraction of sp³-hybridized carbons (Fsp3) is 0.875. The molecule has 0 rings (SSSR count). The lowest BCUT2D eigenvalue weighted by Gasteiger charge is -2.28. The van der Waals surface area contributed by atoms with Crippen LogP contribution in [0.4, 0.5) is 0 Å². The van der Waals surface area contributed by atoms with Gasteiger partial charge in [0.1, 0.15) is 13.2 Å². The largest absolute Gasteiger partial charge is 0.500 e. The van der Waals surface area contributed by atoms with Crippen LogP contribution in [0.15, 0.2) is 0 Å². The summed E-state index contributed by atoms with van der Waals surface area (Å²) in [5.74, 6) is -1.43. The molecule has 11 nitrogen and oxygen atoms in total. The quantitative estimate of drug-likeness (QED) is 0.290. The highest BCUT2D eigenvalue weighted by atomic mass is 28.4. The number of carboxylic acid groups (broad SMARTS) is 1. The van der Waals surface area contributed by atoms with Crippen LogP contribution in [-0.4, -0.2) is 108 Å². The van der Waals surface area contributed by atoms with Crippen LogP contribution in [-0.2, 0) is 40.9 Å². The van der Waals surface area contributed by atoms with E-state index in [0.717, 1.165) is 0 Å². The Kier molecular flexibility index (Phi) is 14.5. The molecule has 1 N–H and O–H groups in total. The van der Waals surface area contributed by atoms with Crippen LogP contribution in [0.5, 0.6) is 0 Å². The number of amides is 1.